The number of fused-ring (bicyclic) bond motifs is 1. The Balaban J connectivity index is 1.59. The van der Waals surface area contributed by atoms with Crippen LogP contribution in [0.25, 0.3) is 23.2 Å². The van der Waals surface area contributed by atoms with Crippen molar-refractivity contribution in [1.82, 2.24) is 9.55 Å². The van der Waals surface area contributed by atoms with Crippen molar-refractivity contribution in [2.45, 2.75) is 19.9 Å². The van der Waals surface area contributed by atoms with E-state index in [0.717, 1.165) is 34.5 Å². The number of imidazole rings is 1. The van der Waals surface area contributed by atoms with Gasteiger partial charge in [0, 0.05) is 5.69 Å². The molecule has 4 aromatic rings. The van der Waals surface area contributed by atoms with Crippen LogP contribution in [0.15, 0.2) is 78.9 Å². The van der Waals surface area contributed by atoms with Crippen molar-refractivity contribution in [3.05, 3.63) is 95.8 Å². The van der Waals surface area contributed by atoms with Gasteiger partial charge in [-0.2, -0.15) is 0 Å². The first-order valence-corrected chi connectivity index (χ1v) is 9.80. The maximum Gasteiger partial charge on any atom is 0.244 e. The summed E-state index contributed by atoms with van der Waals surface area (Å²) in [6.07, 6.45) is 4.95. The highest BCUT2D eigenvalue weighted by Gasteiger charge is 2.12. The molecule has 0 radical (unpaired) electrons. The summed E-state index contributed by atoms with van der Waals surface area (Å²) in [7, 11) is 0. The van der Waals surface area contributed by atoms with E-state index < -0.39 is 0 Å². The Labute approximate surface area is 170 Å². The normalized spacial score (nSPS) is 11.2. The van der Waals surface area contributed by atoms with E-state index in [2.05, 4.69) is 12.2 Å². The van der Waals surface area contributed by atoms with Gasteiger partial charge in [-0.25, -0.2) is 4.98 Å². The van der Waals surface area contributed by atoms with Gasteiger partial charge in [-0.1, -0.05) is 67.6 Å². The predicted octanol–water partition coefficient (Wildman–Crippen LogP) is 5.41. The summed E-state index contributed by atoms with van der Waals surface area (Å²) in [5, 5.41) is 2.99. The van der Waals surface area contributed by atoms with Crippen LogP contribution in [0.1, 0.15) is 23.9 Å². The van der Waals surface area contributed by atoms with Gasteiger partial charge in [0.15, 0.2) is 0 Å². The first kappa shape index (κ1) is 18.7. The van der Waals surface area contributed by atoms with Crippen LogP contribution in [0, 0.1) is 0 Å². The Bertz CT molecular complexity index is 1140. The lowest BCUT2D eigenvalue weighted by Crippen LogP contribution is -2.19. The molecule has 0 aliphatic heterocycles. The highest BCUT2D eigenvalue weighted by atomic mass is 16.1. The number of para-hydroxylation sites is 2. The lowest BCUT2D eigenvalue weighted by atomic mass is 10.1. The standard InChI is InChI=1S/C25H23N3O/c1-2-19-12-15-21(16-13-19)26-25(29)18-28-23-11-7-6-10-22(23)27-24(28)17-14-20-8-4-3-5-9-20/h3-17H,2,18H2,1H3,(H,26,29)/b17-14+. The summed E-state index contributed by atoms with van der Waals surface area (Å²) in [5.41, 5.74) is 4.96. The number of hydrogen-bond donors (Lipinski definition) is 1. The molecular weight excluding hydrogens is 358 g/mol. The molecule has 1 aromatic heterocycles. The van der Waals surface area contributed by atoms with Crippen molar-refractivity contribution in [3.8, 4) is 0 Å². The lowest BCUT2D eigenvalue weighted by molar-refractivity contribution is -0.116. The van der Waals surface area contributed by atoms with Crippen molar-refractivity contribution < 1.29 is 4.79 Å². The molecule has 1 heterocycles. The summed E-state index contributed by atoms with van der Waals surface area (Å²) >= 11 is 0. The van der Waals surface area contributed by atoms with Gasteiger partial charge in [-0.05, 0) is 47.9 Å². The van der Waals surface area contributed by atoms with E-state index in [9.17, 15) is 4.79 Å². The number of aryl methyl sites for hydroxylation is 1. The van der Waals surface area contributed by atoms with Crippen LogP contribution in [-0.2, 0) is 17.8 Å². The zero-order valence-corrected chi connectivity index (χ0v) is 16.4. The first-order valence-electron chi connectivity index (χ1n) is 9.80. The van der Waals surface area contributed by atoms with E-state index >= 15 is 0 Å². The van der Waals surface area contributed by atoms with E-state index in [1.54, 1.807) is 0 Å². The number of amides is 1. The third kappa shape index (κ3) is 4.43. The molecule has 0 bridgehead atoms. The molecule has 4 nitrogen and oxygen atoms in total. The van der Waals surface area contributed by atoms with Crippen LogP contribution in [0.4, 0.5) is 5.69 Å². The van der Waals surface area contributed by atoms with Gasteiger partial charge >= 0.3 is 0 Å². The topological polar surface area (TPSA) is 46.9 Å². The van der Waals surface area contributed by atoms with E-state index in [1.807, 2.05) is 95.6 Å². The number of anilines is 1. The number of carbonyl (C=O) groups excluding carboxylic acids is 1. The van der Waals surface area contributed by atoms with Crippen molar-refractivity contribution >= 4 is 34.8 Å². The minimum atomic E-state index is -0.0771. The Morgan fingerprint density at radius 1 is 0.931 bits per heavy atom. The van der Waals surface area contributed by atoms with Gasteiger partial charge < -0.3 is 9.88 Å². The van der Waals surface area contributed by atoms with Crippen LogP contribution in [0.2, 0.25) is 0 Å². The molecule has 0 atom stereocenters. The van der Waals surface area contributed by atoms with Crippen LogP contribution in [0.3, 0.4) is 0 Å². The van der Waals surface area contributed by atoms with Gasteiger partial charge in [-0.15, -0.1) is 0 Å². The first-order chi connectivity index (χ1) is 14.2. The molecule has 0 fully saturated rings. The van der Waals surface area contributed by atoms with Crippen molar-refractivity contribution in [2.75, 3.05) is 5.32 Å². The fourth-order valence-electron chi connectivity index (χ4n) is 3.29. The number of aromatic nitrogens is 2. The molecular formula is C25H23N3O. The number of hydrogen-bond acceptors (Lipinski definition) is 2. The largest absolute Gasteiger partial charge is 0.325 e. The fourth-order valence-corrected chi connectivity index (χ4v) is 3.29. The van der Waals surface area contributed by atoms with E-state index in [-0.39, 0.29) is 12.5 Å². The van der Waals surface area contributed by atoms with Crippen molar-refractivity contribution in [1.29, 1.82) is 0 Å². The van der Waals surface area contributed by atoms with Crippen molar-refractivity contribution in [3.63, 3.8) is 0 Å². The zero-order valence-electron chi connectivity index (χ0n) is 16.4. The van der Waals surface area contributed by atoms with E-state index in [1.165, 1.54) is 5.56 Å². The Morgan fingerprint density at radius 2 is 1.66 bits per heavy atom. The van der Waals surface area contributed by atoms with Crippen molar-refractivity contribution in [2.24, 2.45) is 0 Å². The number of nitrogens with one attached hydrogen (secondary N) is 1. The maximum absolute atomic E-state index is 12.7. The van der Waals surface area contributed by atoms with Gasteiger partial charge in [0.05, 0.1) is 11.0 Å². The van der Waals surface area contributed by atoms with Gasteiger partial charge in [0.2, 0.25) is 5.91 Å². The number of carbonyl (C=O) groups is 1. The summed E-state index contributed by atoms with van der Waals surface area (Å²) in [6.45, 7) is 2.31. The Hall–Kier alpha value is -3.66. The molecule has 0 saturated carbocycles. The van der Waals surface area contributed by atoms with Crippen LogP contribution >= 0.6 is 0 Å². The summed E-state index contributed by atoms with van der Waals surface area (Å²) < 4.78 is 1.95. The third-order valence-corrected chi connectivity index (χ3v) is 4.86. The zero-order chi connectivity index (χ0) is 20.1. The molecule has 1 N–H and O–H groups in total. The maximum atomic E-state index is 12.7. The van der Waals surface area contributed by atoms with Gasteiger partial charge in [0.1, 0.15) is 12.4 Å². The smallest absolute Gasteiger partial charge is 0.244 e. The lowest BCUT2D eigenvalue weighted by Gasteiger charge is -2.09. The van der Waals surface area contributed by atoms with Crippen LogP contribution in [0.5, 0.6) is 0 Å². The average Bonchev–Trinajstić information content (AvgIpc) is 3.11. The van der Waals surface area contributed by atoms with Crippen LogP contribution in [-0.4, -0.2) is 15.5 Å². The Kier molecular flexibility index (Phi) is 5.52. The second-order valence-electron chi connectivity index (χ2n) is 6.89. The summed E-state index contributed by atoms with van der Waals surface area (Å²) in [5.74, 6) is 0.679. The monoisotopic (exact) mass is 381 g/mol. The molecule has 4 rings (SSSR count). The third-order valence-electron chi connectivity index (χ3n) is 4.86. The molecule has 144 valence electrons. The Morgan fingerprint density at radius 3 is 2.41 bits per heavy atom. The minimum absolute atomic E-state index is 0.0771. The fraction of sp³-hybridized carbons (Fsp3) is 0.120. The SMILES string of the molecule is CCc1ccc(NC(=O)Cn2c(/C=C/c3ccccc3)nc3ccccc32)cc1. The molecule has 0 spiro atoms. The van der Waals surface area contributed by atoms with E-state index in [4.69, 9.17) is 4.98 Å². The number of rotatable bonds is 6. The number of nitrogens with zero attached hydrogens (tertiary/aromatic N) is 2. The predicted molar refractivity (Wildman–Crippen MR) is 120 cm³/mol. The highest BCUT2D eigenvalue weighted by Crippen LogP contribution is 2.19. The second kappa shape index (κ2) is 8.57. The van der Waals surface area contributed by atoms with Gasteiger partial charge in [0.25, 0.3) is 0 Å². The molecule has 4 heteroatoms. The molecule has 0 aliphatic carbocycles. The minimum Gasteiger partial charge on any atom is -0.325 e. The molecule has 1 amide bonds. The molecule has 29 heavy (non-hydrogen) atoms. The molecule has 3 aromatic carbocycles. The molecule has 0 unspecified atom stereocenters. The number of benzene rings is 3. The van der Waals surface area contributed by atoms with Gasteiger partial charge in [-0.3, -0.25) is 4.79 Å². The quantitative estimate of drug-likeness (QED) is 0.485. The molecule has 0 aliphatic rings. The highest BCUT2D eigenvalue weighted by molar-refractivity contribution is 5.92. The molecule has 0 saturated heterocycles. The van der Waals surface area contributed by atoms with E-state index in [0.29, 0.717) is 0 Å². The van der Waals surface area contributed by atoms with Crippen LogP contribution < -0.4 is 5.32 Å². The second-order valence-corrected chi connectivity index (χ2v) is 6.89. The summed E-state index contributed by atoms with van der Waals surface area (Å²) in [6, 6.07) is 25.9. The average molecular weight is 381 g/mol. The summed E-state index contributed by atoms with van der Waals surface area (Å²) in [4.78, 5) is 17.4.